The lowest BCUT2D eigenvalue weighted by Gasteiger charge is -2.30. The Morgan fingerprint density at radius 2 is 1.89 bits per heavy atom. The number of nitrogens with one attached hydrogen (secondary N) is 1. The Morgan fingerprint density at radius 3 is 2.32 bits per heavy atom. The number of carbonyl (C=O) groups is 1. The molecule has 0 aromatic rings. The van der Waals surface area contributed by atoms with Crippen LogP contribution in [0.2, 0.25) is 0 Å². The van der Waals surface area contributed by atoms with E-state index in [2.05, 4.69) is 10.1 Å². The highest BCUT2D eigenvalue weighted by Gasteiger charge is 2.34. The summed E-state index contributed by atoms with van der Waals surface area (Å²) in [5.74, 6) is -0.433. The molecule has 4 nitrogen and oxygen atoms in total. The number of alkyl halides is 3. The van der Waals surface area contributed by atoms with Crippen molar-refractivity contribution in [1.29, 1.82) is 0 Å². The molecule has 0 aliphatic rings. The second kappa shape index (κ2) is 7.69. The van der Waals surface area contributed by atoms with Crippen LogP contribution in [0.15, 0.2) is 0 Å². The summed E-state index contributed by atoms with van der Waals surface area (Å²) in [4.78, 5) is 11.7. The van der Waals surface area contributed by atoms with Gasteiger partial charge in [0.25, 0.3) is 0 Å². The van der Waals surface area contributed by atoms with Gasteiger partial charge in [-0.25, -0.2) is 0 Å². The molecule has 0 saturated heterocycles. The van der Waals surface area contributed by atoms with E-state index in [-0.39, 0.29) is 12.6 Å². The van der Waals surface area contributed by atoms with Crippen molar-refractivity contribution in [3.05, 3.63) is 0 Å². The number of rotatable bonds is 8. The predicted octanol–water partition coefficient (Wildman–Crippen LogP) is 2.28. The van der Waals surface area contributed by atoms with E-state index in [1.165, 1.54) is 7.11 Å². The van der Waals surface area contributed by atoms with Gasteiger partial charge in [0.05, 0.1) is 7.11 Å². The van der Waals surface area contributed by atoms with Crippen molar-refractivity contribution in [2.75, 3.05) is 20.3 Å². The van der Waals surface area contributed by atoms with Gasteiger partial charge in [0, 0.05) is 12.6 Å². The highest BCUT2D eigenvalue weighted by molar-refractivity contribution is 5.80. The molecule has 0 radical (unpaired) electrons. The first kappa shape index (κ1) is 18.2. The topological polar surface area (TPSA) is 47.6 Å². The van der Waals surface area contributed by atoms with Crippen LogP contribution < -0.4 is 5.32 Å². The number of esters is 1. The first-order valence-corrected chi connectivity index (χ1v) is 6.11. The third kappa shape index (κ3) is 8.05. The minimum Gasteiger partial charge on any atom is -0.468 e. The summed E-state index contributed by atoms with van der Waals surface area (Å²) in [5.41, 5.74) is -0.912. The lowest BCUT2D eigenvalue weighted by Crippen LogP contribution is -2.53. The molecule has 0 aromatic carbocycles. The molecule has 0 rings (SSSR count). The highest BCUT2D eigenvalue weighted by Crippen LogP contribution is 2.17. The van der Waals surface area contributed by atoms with Gasteiger partial charge in [-0.15, -0.1) is 0 Å². The van der Waals surface area contributed by atoms with Crippen molar-refractivity contribution in [2.24, 2.45) is 0 Å². The summed E-state index contributed by atoms with van der Waals surface area (Å²) < 4.78 is 44.8. The van der Waals surface area contributed by atoms with Crippen LogP contribution in [0.5, 0.6) is 0 Å². The zero-order valence-electron chi connectivity index (χ0n) is 11.8. The third-order valence-electron chi connectivity index (χ3n) is 2.47. The zero-order valence-corrected chi connectivity index (χ0v) is 11.8. The molecule has 1 atom stereocenters. The molecular weight excluding hydrogens is 263 g/mol. The average Bonchev–Trinajstić information content (AvgIpc) is 2.24. The number of carbonyl (C=O) groups excluding carboxylic acids is 1. The van der Waals surface area contributed by atoms with E-state index in [1.54, 1.807) is 6.92 Å². The molecule has 0 aliphatic carbocycles. The summed E-state index contributed by atoms with van der Waals surface area (Å²) in [5, 5.41) is 3.06. The van der Waals surface area contributed by atoms with Gasteiger partial charge < -0.3 is 9.47 Å². The molecule has 114 valence electrons. The van der Waals surface area contributed by atoms with Crippen molar-refractivity contribution >= 4 is 5.97 Å². The van der Waals surface area contributed by atoms with E-state index >= 15 is 0 Å². The second-order valence-electron chi connectivity index (χ2n) is 4.89. The predicted molar refractivity (Wildman–Crippen MR) is 64.8 cm³/mol. The van der Waals surface area contributed by atoms with Crippen LogP contribution in [0, 0.1) is 0 Å². The first-order valence-electron chi connectivity index (χ1n) is 6.11. The van der Waals surface area contributed by atoms with Gasteiger partial charge in [-0.05, 0) is 33.6 Å². The average molecular weight is 285 g/mol. The Kier molecular flexibility index (Phi) is 7.36. The molecule has 1 N–H and O–H groups in total. The number of ether oxygens (including phenoxy) is 2. The molecule has 0 aliphatic heterocycles. The maximum Gasteiger partial charge on any atom is 0.411 e. The molecule has 19 heavy (non-hydrogen) atoms. The molecule has 0 amide bonds. The largest absolute Gasteiger partial charge is 0.468 e. The molecule has 0 spiro atoms. The van der Waals surface area contributed by atoms with Crippen molar-refractivity contribution < 1.29 is 27.4 Å². The van der Waals surface area contributed by atoms with E-state index < -0.39 is 24.3 Å². The normalized spacial score (nSPS) is 15.4. The number of methoxy groups -OCH3 is 1. The summed E-state index contributed by atoms with van der Waals surface area (Å²) in [6, 6.07) is 0.0557. The molecule has 0 heterocycles. The lowest BCUT2D eigenvalue weighted by atomic mass is 9.95. The molecule has 0 fully saturated rings. The smallest absolute Gasteiger partial charge is 0.411 e. The molecule has 0 saturated carbocycles. The Bertz CT molecular complexity index is 282. The third-order valence-corrected chi connectivity index (χ3v) is 2.47. The Labute approximate surface area is 111 Å². The van der Waals surface area contributed by atoms with Gasteiger partial charge in [-0.2, -0.15) is 13.2 Å². The minimum atomic E-state index is -4.32. The van der Waals surface area contributed by atoms with Crippen molar-refractivity contribution in [2.45, 2.75) is 51.4 Å². The van der Waals surface area contributed by atoms with E-state index in [0.29, 0.717) is 12.8 Å². The zero-order chi connectivity index (χ0) is 15.1. The van der Waals surface area contributed by atoms with E-state index in [9.17, 15) is 18.0 Å². The number of hydrogen-bond acceptors (Lipinski definition) is 4. The Hall–Kier alpha value is -0.820. The highest BCUT2D eigenvalue weighted by atomic mass is 19.4. The fourth-order valence-corrected chi connectivity index (χ4v) is 1.81. The first-order chi connectivity index (χ1) is 8.60. The molecule has 1 unspecified atom stereocenters. The van der Waals surface area contributed by atoms with Crippen molar-refractivity contribution in [1.82, 2.24) is 5.32 Å². The SMILES string of the molecule is COC(=O)C(C)(CCCOCC(F)(F)F)NC(C)C. The Morgan fingerprint density at radius 1 is 1.32 bits per heavy atom. The molecular formula is C12H22F3NO3. The monoisotopic (exact) mass is 285 g/mol. The van der Waals surface area contributed by atoms with E-state index in [0.717, 1.165) is 0 Å². The Balaban J connectivity index is 4.18. The minimum absolute atomic E-state index is 0.0497. The summed E-state index contributed by atoms with van der Waals surface area (Å²) in [6.45, 7) is 4.11. The summed E-state index contributed by atoms with van der Waals surface area (Å²) in [7, 11) is 1.28. The van der Waals surface area contributed by atoms with Crippen LogP contribution in [-0.4, -0.2) is 44.0 Å². The van der Waals surface area contributed by atoms with Gasteiger partial charge in [0.2, 0.25) is 0 Å². The van der Waals surface area contributed by atoms with E-state index in [1.807, 2.05) is 13.8 Å². The van der Waals surface area contributed by atoms with Crippen LogP contribution in [0.3, 0.4) is 0 Å². The fourth-order valence-electron chi connectivity index (χ4n) is 1.81. The van der Waals surface area contributed by atoms with Gasteiger partial charge in [-0.3, -0.25) is 10.1 Å². The summed E-state index contributed by atoms with van der Waals surface area (Å²) >= 11 is 0. The van der Waals surface area contributed by atoms with Crippen molar-refractivity contribution in [3.8, 4) is 0 Å². The summed E-state index contributed by atoms with van der Waals surface area (Å²) in [6.07, 6.45) is -3.64. The van der Waals surface area contributed by atoms with Gasteiger partial charge >= 0.3 is 12.1 Å². The molecule has 0 bridgehead atoms. The van der Waals surface area contributed by atoms with E-state index in [4.69, 9.17) is 4.74 Å². The van der Waals surface area contributed by atoms with Crippen LogP contribution >= 0.6 is 0 Å². The van der Waals surface area contributed by atoms with Crippen LogP contribution in [0.4, 0.5) is 13.2 Å². The van der Waals surface area contributed by atoms with Gasteiger partial charge in [0.1, 0.15) is 12.1 Å². The van der Waals surface area contributed by atoms with Gasteiger partial charge in [0.15, 0.2) is 0 Å². The van der Waals surface area contributed by atoms with Crippen molar-refractivity contribution in [3.63, 3.8) is 0 Å². The maximum atomic E-state index is 11.9. The number of halogens is 3. The quantitative estimate of drug-likeness (QED) is 0.549. The number of hydrogen-bond donors (Lipinski definition) is 1. The fraction of sp³-hybridized carbons (Fsp3) is 0.917. The standard InChI is InChI=1S/C12H22F3NO3/c1-9(2)16-11(3,10(17)18-4)6-5-7-19-8-12(13,14)15/h9,16H,5-8H2,1-4H3. The van der Waals surface area contributed by atoms with Crippen LogP contribution in [-0.2, 0) is 14.3 Å². The van der Waals surface area contributed by atoms with Crippen LogP contribution in [0.1, 0.15) is 33.6 Å². The van der Waals surface area contributed by atoms with Crippen LogP contribution in [0.25, 0.3) is 0 Å². The molecule has 7 heteroatoms. The second-order valence-corrected chi connectivity index (χ2v) is 4.89. The molecule has 0 aromatic heterocycles. The lowest BCUT2D eigenvalue weighted by molar-refractivity contribution is -0.174. The maximum absolute atomic E-state index is 11.9. The van der Waals surface area contributed by atoms with Gasteiger partial charge in [-0.1, -0.05) is 0 Å².